The molecule has 0 fully saturated rings. The Morgan fingerprint density at radius 2 is 1.75 bits per heavy atom. The first-order valence-electron chi connectivity index (χ1n) is 4.48. The van der Waals surface area contributed by atoms with Crippen LogP contribution in [0.25, 0.3) is 0 Å². The summed E-state index contributed by atoms with van der Waals surface area (Å²) in [6.45, 7) is 0. The Hall–Kier alpha value is -0.354. The fraction of sp³-hybridized carbons (Fsp3) is 0. The van der Waals surface area contributed by atoms with Crippen molar-refractivity contribution in [2.24, 2.45) is 0 Å². The molecule has 3 rings (SSSR count). The van der Waals surface area contributed by atoms with Crippen LogP contribution in [0, 0.1) is 6.07 Å². The number of hydrogen-bond donors (Lipinski definition) is 1. The van der Waals surface area contributed by atoms with Crippen LogP contribution in [0.3, 0.4) is 0 Å². The molecule has 1 nitrogen and oxygen atoms in total. The Labute approximate surface area is 122 Å². The summed E-state index contributed by atoms with van der Waals surface area (Å²) in [5.74, 6) is 0. The molecule has 0 saturated heterocycles. The van der Waals surface area contributed by atoms with Crippen molar-refractivity contribution in [3.05, 3.63) is 48.5 Å². The van der Waals surface area contributed by atoms with Gasteiger partial charge < -0.3 is 17.7 Å². The van der Waals surface area contributed by atoms with Gasteiger partial charge in [-0.05, 0) is 12.1 Å². The first-order valence-corrected chi connectivity index (χ1v) is 5.30. The maximum Gasteiger partial charge on any atom is 2.00 e. The van der Waals surface area contributed by atoms with Gasteiger partial charge in [0.25, 0.3) is 0 Å². The van der Waals surface area contributed by atoms with Crippen LogP contribution in [0.5, 0.6) is 0 Å². The summed E-state index contributed by atoms with van der Waals surface area (Å²) in [5, 5.41) is 3.36. The van der Waals surface area contributed by atoms with Crippen LogP contribution in [-0.2, 0) is 0 Å². The van der Waals surface area contributed by atoms with E-state index in [-0.39, 0.29) is 35.5 Å². The van der Waals surface area contributed by atoms with Crippen molar-refractivity contribution in [3.63, 3.8) is 0 Å². The van der Waals surface area contributed by atoms with E-state index in [1.54, 1.807) is 11.8 Å². The maximum atomic E-state index is 3.36. The van der Waals surface area contributed by atoms with E-state index in [0.717, 1.165) is 5.69 Å². The molecule has 16 heavy (non-hydrogen) atoms. The molecule has 1 aliphatic heterocycles. The SMILES string of the molecule is [Cl-].[Mg+2].[c-]1cccc2c1Nc1ccccc1S2. The predicted molar refractivity (Wildman–Crippen MR) is 64.9 cm³/mol. The van der Waals surface area contributed by atoms with Gasteiger partial charge in [0.1, 0.15) is 0 Å². The van der Waals surface area contributed by atoms with Gasteiger partial charge in [0.05, 0.1) is 0 Å². The molecule has 4 heteroatoms. The van der Waals surface area contributed by atoms with Crippen LogP contribution < -0.4 is 17.7 Å². The molecule has 0 bridgehead atoms. The van der Waals surface area contributed by atoms with Gasteiger partial charge in [0.2, 0.25) is 0 Å². The number of hydrogen-bond acceptors (Lipinski definition) is 2. The van der Waals surface area contributed by atoms with E-state index in [0.29, 0.717) is 0 Å². The number of fused-ring (bicyclic) bond motifs is 2. The van der Waals surface area contributed by atoms with E-state index in [1.807, 2.05) is 18.2 Å². The number of para-hydroxylation sites is 2. The average molecular weight is 258 g/mol. The molecule has 0 amide bonds. The quantitative estimate of drug-likeness (QED) is 0.460. The Balaban J connectivity index is 0.000000640. The van der Waals surface area contributed by atoms with Crippen LogP contribution in [0.1, 0.15) is 0 Å². The van der Waals surface area contributed by atoms with E-state index in [1.165, 1.54) is 15.5 Å². The summed E-state index contributed by atoms with van der Waals surface area (Å²) in [6.07, 6.45) is 0. The van der Waals surface area contributed by atoms with Crippen molar-refractivity contribution in [1.29, 1.82) is 0 Å². The second-order valence-corrected chi connectivity index (χ2v) is 4.22. The van der Waals surface area contributed by atoms with Crippen molar-refractivity contribution in [2.75, 3.05) is 5.32 Å². The average Bonchev–Trinajstić information content (AvgIpc) is 2.26. The van der Waals surface area contributed by atoms with Gasteiger partial charge in [-0.2, -0.15) is 36.0 Å². The van der Waals surface area contributed by atoms with Crippen molar-refractivity contribution < 1.29 is 12.4 Å². The molecule has 0 saturated carbocycles. The molecule has 2 aromatic carbocycles. The van der Waals surface area contributed by atoms with Gasteiger partial charge in [-0.25, -0.2) is 0 Å². The van der Waals surface area contributed by atoms with E-state index < -0.39 is 0 Å². The maximum absolute atomic E-state index is 3.36. The third-order valence-electron chi connectivity index (χ3n) is 2.18. The van der Waals surface area contributed by atoms with Crippen molar-refractivity contribution >= 4 is 46.2 Å². The minimum Gasteiger partial charge on any atom is -1.00 e. The summed E-state index contributed by atoms with van der Waals surface area (Å²) in [7, 11) is 0. The largest absolute Gasteiger partial charge is 2.00 e. The van der Waals surface area contributed by atoms with Gasteiger partial charge >= 0.3 is 23.1 Å². The third kappa shape index (κ3) is 2.48. The van der Waals surface area contributed by atoms with Gasteiger partial charge in [0.15, 0.2) is 0 Å². The standard InChI is InChI=1S/C12H8NS.ClH.Mg/c1-3-7-11-9(5-1)13-10-6-2-4-8-12(10)14-11;;/h1-5,7-8,13H;1H;/q-1;;+2/p-1. The molecule has 0 unspecified atom stereocenters. The number of halogens is 1. The number of benzene rings is 2. The third-order valence-corrected chi connectivity index (χ3v) is 3.32. The smallest absolute Gasteiger partial charge is 1.00 e. The van der Waals surface area contributed by atoms with E-state index in [9.17, 15) is 0 Å². The van der Waals surface area contributed by atoms with Gasteiger partial charge in [0, 0.05) is 10.6 Å². The Morgan fingerprint density at radius 1 is 1.00 bits per heavy atom. The molecule has 0 spiro atoms. The Bertz CT molecular complexity index is 402. The Kier molecular flexibility index (Phi) is 4.99. The van der Waals surface area contributed by atoms with Crippen LogP contribution in [-0.4, -0.2) is 23.1 Å². The number of rotatable bonds is 0. The molecule has 0 aromatic heterocycles. The zero-order valence-corrected chi connectivity index (χ0v) is 11.5. The number of nitrogens with one attached hydrogen (secondary N) is 1. The first-order chi connectivity index (χ1) is 6.93. The molecule has 1 aliphatic rings. The zero-order chi connectivity index (χ0) is 9.38. The van der Waals surface area contributed by atoms with Crippen LogP contribution in [0.15, 0.2) is 52.3 Å². The molecule has 76 valence electrons. The first kappa shape index (κ1) is 13.7. The molecule has 0 aliphatic carbocycles. The number of anilines is 2. The van der Waals surface area contributed by atoms with Gasteiger partial charge in [-0.3, -0.25) is 0 Å². The van der Waals surface area contributed by atoms with Crippen LogP contribution in [0.4, 0.5) is 11.4 Å². The monoisotopic (exact) mass is 257 g/mol. The van der Waals surface area contributed by atoms with Crippen LogP contribution in [0.2, 0.25) is 0 Å². The summed E-state index contributed by atoms with van der Waals surface area (Å²) < 4.78 is 0. The molecular weight excluding hydrogens is 250 g/mol. The second-order valence-electron chi connectivity index (χ2n) is 3.13. The zero-order valence-electron chi connectivity index (χ0n) is 8.53. The topological polar surface area (TPSA) is 12.0 Å². The summed E-state index contributed by atoms with van der Waals surface area (Å²) in [4.78, 5) is 2.52. The summed E-state index contributed by atoms with van der Waals surface area (Å²) in [5.41, 5.74) is 2.25. The van der Waals surface area contributed by atoms with Gasteiger partial charge in [-0.15, -0.1) is 0 Å². The molecule has 1 N–H and O–H groups in total. The van der Waals surface area contributed by atoms with Crippen LogP contribution >= 0.6 is 11.8 Å². The normalized spacial score (nSPS) is 11.0. The summed E-state index contributed by atoms with van der Waals surface area (Å²) >= 11 is 1.79. The van der Waals surface area contributed by atoms with E-state index >= 15 is 0 Å². The second kappa shape index (κ2) is 5.82. The van der Waals surface area contributed by atoms with Crippen molar-refractivity contribution in [2.45, 2.75) is 9.79 Å². The molecule has 0 radical (unpaired) electrons. The van der Waals surface area contributed by atoms with E-state index in [4.69, 9.17) is 0 Å². The molecule has 2 aromatic rings. The molecule has 0 atom stereocenters. The van der Waals surface area contributed by atoms with Gasteiger partial charge in [-0.1, -0.05) is 22.7 Å². The molecule has 1 heterocycles. The Morgan fingerprint density at radius 3 is 2.62 bits per heavy atom. The fourth-order valence-corrected chi connectivity index (χ4v) is 2.49. The molecular formula is C12H8ClMgNS. The minimum absolute atomic E-state index is 0. The van der Waals surface area contributed by atoms with Crippen molar-refractivity contribution in [3.8, 4) is 0 Å². The van der Waals surface area contributed by atoms with E-state index in [2.05, 4.69) is 35.6 Å². The van der Waals surface area contributed by atoms with Crippen molar-refractivity contribution in [1.82, 2.24) is 0 Å². The summed E-state index contributed by atoms with van der Waals surface area (Å²) in [6, 6.07) is 17.6. The fourth-order valence-electron chi connectivity index (χ4n) is 1.52. The minimum atomic E-state index is 0. The predicted octanol–water partition coefficient (Wildman–Crippen LogP) is 0.318.